The number of aromatic nitrogens is 4. The second kappa shape index (κ2) is 6.96. The van der Waals surface area contributed by atoms with Crippen molar-refractivity contribution in [3.05, 3.63) is 71.3 Å². The molecular formula is C19H20FN5O2. The average molecular weight is 369 g/mol. The summed E-state index contributed by atoms with van der Waals surface area (Å²) in [5.41, 5.74) is 2.18. The smallest absolute Gasteiger partial charge is 0.227 e. The second-order valence-corrected chi connectivity index (χ2v) is 6.70. The van der Waals surface area contributed by atoms with Crippen LogP contribution < -0.4 is 0 Å². The molecule has 3 heterocycles. The van der Waals surface area contributed by atoms with Crippen molar-refractivity contribution in [1.29, 1.82) is 0 Å². The zero-order chi connectivity index (χ0) is 19.0. The molecule has 1 aliphatic heterocycles. The quantitative estimate of drug-likeness (QED) is 0.755. The summed E-state index contributed by atoms with van der Waals surface area (Å²) in [7, 11) is 1.82. The van der Waals surface area contributed by atoms with E-state index in [9.17, 15) is 14.3 Å². The van der Waals surface area contributed by atoms with Crippen LogP contribution in [0.4, 0.5) is 4.39 Å². The third kappa shape index (κ3) is 3.48. The monoisotopic (exact) mass is 369 g/mol. The molecule has 4 rings (SSSR count). The first-order valence-electron chi connectivity index (χ1n) is 8.75. The third-order valence-electron chi connectivity index (χ3n) is 4.82. The number of aliphatic hydroxyl groups excluding tert-OH is 1. The van der Waals surface area contributed by atoms with E-state index in [0.29, 0.717) is 31.2 Å². The number of aryl methyl sites for hydroxylation is 1. The number of nitrogens with zero attached hydrogens (tertiary/aromatic N) is 5. The standard InChI is InChI=1S/C19H20FN5O2/c1-23-7-6-21-19(23)18(27)16-11-15-12-24(8-9-25(15)22-16)17(26)10-13-2-4-14(20)5-3-13/h2-7,11,18,27H,8-10,12H2,1H3. The van der Waals surface area contributed by atoms with Crippen molar-refractivity contribution in [2.45, 2.75) is 25.6 Å². The Hall–Kier alpha value is -3.00. The lowest BCUT2D eigenvalue weighted by Crippen LogP contribution is -2.39. The lowest BCUT2D eigenvalue weighted by Gasteiger charge is -2.27. The molecule has 1 amide bonds. The van der Waals surface area contributed by atoms with Gasteiger partial charge in [-0.15, -0.1) is 0 Å². The highest BCUT2D eigenvalue weighted by molar-refractivity contribution is 5.78. The van der Waals surface area contributed by atoms with Crippen LogP contribution in [0.1, 0.15) is 28.9 Å². The van der Waals surface area contributed by atoms with Crippen molar-refractivity contribution >= 4 is 5.91 Å². The summed E-state index contributed by atoms with van der Waals surface area (Å²) in [5.74, 6) is 0.196. The van der Waals surface area contributed by atoms with Crippen molar-refractivity contribution in [2.24, 2.45) is 7.05 Å². The number of rotatable bonds is 4. The van der Waals surface area contributed by atoms with Gasteiger partial charge in [-0.25, -0.2) is 9.37 Å². The molecule has 0 aliphatic carbocycles. The predicted molar refractivity (Wildman–Crippen MR) is 95.0 cm³/mol. The molecule has 0 spiro atoms. The van der Waals surface area contributed by atoms with Crippen LogP contribution in [-0.4, -0.2) is 41.8 Å². The predicted octanol–water partition coefficient (Wildman–Crippen LogP) is 1.42. The summed E-state index contributed by atoms with van der Waals surface area (Å²) in [6, 6.07) is 7.79. The van der Waals surface area contributed by atoms with Crippen LogP contribution in [-0.2, 0) is 31.4 Å². The van der Waals surface area contributed by atoms with Crippen LogP contribution in [0.5, 0.6) is 0 Å². The van der Waals surface area contributed by atoms with Gasteiger partial charge in [-0.2, -0.15) is 5.10 Å². The number of aliphatic hydroxyl groups is 1. The van der Waals surface area contributed by atoms with E-state index in [2.05, 4.69) is 10.1 Å². The molecule has 0 radical (unpaired) electrons. The zero-order valence-corrected chi connectivity index (χ0v) is 14.9. The maximum absolute atomic E-state index is 13.0. The molecule has 1 aliphatic rings. The van der Waals surface area contributed by atoms with Gasteiger partial charge < -0.3 is 14.6 Å². The number of hydrogen-bond acceptors (Lipinski definition) is 4. The molecule has 0 saturated carbocycles. The van der Waals surface area contributed by atoms with Crippen LogP contribution in [0.15, 0.2) is 42.7 Å². The van der Waals surface area contributed by atoms with Crippen LogP contribution in [0, 0.1) is 5.82 Å². The van der Waals surface area contributed by atoms with Crippen molar-refractivity contribution < 1.29 is 14.3 Å². The van der Waals surface area contributed by atoms with Crippen LogP contribution in [0.25, 0.3) is 0 Å². The molecule has 2 aromatic heterocycles. The fourth-order valence-corrected chi connectivity index (χ4v) is 3.30. The van der Waals surface area contributed by atoms with Gasteiger partial charge in [0.05, 0.1) is 30.9 Å². The number of fused-ring (bicyclic) bond motifs is 1. The van der Waals surface area contributed by atoms with E-state index in [4.69, 9.17) is 0 Å². The summed E-state index contributed by atoms with van der Waals surface area (Å²) in [6.07, 6.45) is 2.72. The molecule has 1 aromatic carbocycles. The van der Waals surface area contributed by atoms with Crippen LogP contribution >= 0.6 is 0 Å². The lowest BCUT2D eigenvalue weighted by molar-refractivity contribution is -0.132. The minimum atomic E-state index is -0.911. The first-order valence-corrected chi connectivity index (χ1v) is 8.75. The van der Waals surface area contributed by atoms with E-state index in [1.165, 1.54) is 12.1 Å². The Labute approximate surface area is 155 Å². The van der Waals surface area contributed by atoms with E-state index in [1.807, 2.05) is 17.8 Å². The summed E-state index contributed by atoms with van der Waals surface area (Å²) in [5, 5.41) is 15.0. The topological polar surface area (TPSA) is 76.2 Å². The zero-order valence-electron chi connectivity index (χ0n) is 14.9. The van der Waals surface area contributed by atoms with Crippen molar-refractivity contribution in [1.82, 2.24) is 24.2 Å². The van der Waals surface area contributed by atoms with Gasteiger partial charge in [0.1, 0.15) is 11.6 Å². The number of halogens is 1. The van der Waals surface area contributed by atoms with Crippen LogP contribution in [0.3, 0.4) is 0 Å². The van der Waals surface area contributed by atoms with Gasteiger partial charge in [0.15, 0.2) is 6.10 Å². The molecule has 1 unspecified atom stereocenters. The van der Waals surface area contributed by atoms with Gasteiger partial charge >= 0.3 is 0 Å². The largest absolute Gasteiger partial charge is 0.379 e. The van der Waals surface area contributed by atoms with Crippen LogP contribution in [0.2, 0.25) is 0 Å². The summed E-state index contributed by atoms with van der Waals surface area (Å²) >= 11 is 0. The lowest BCUT2D eigenvalue weighted by atomic mass is 10.1. The van der Waals surface area contributed by atoms with Crippen molar-refractivity contribution in [2.75, 3.05) is 6.54 Å². The minimum Gasteiger partial charge on any atom is -0.379 e. The number of imidazole rings is 1. The van der Waals surface area contributed by atoms with E-state index < -0.39 is 6.10 Å². The summed E-state index contributed by atoms with van der Waals surface area (Å²) < 4.78 is 16.6. The number of carbonyl (C=O) groups is 1. The Morgan fingerprint density at radius 3 is 2.78 bits per heavy atom. The van der Waals surface area contributed by atoms with E-state index in [0.717, 1.165) is 11.3 Å². The average Bonchev–Trinajstić information content (AvgIpc) is 3.28. The molecule has 140 valence electrons. The molecule has 8 heteroatoms. The Balaban J connectivity index is 1.47. The van der Waals surface area contributed by atoms with E-state index in [1.54, 1.807) is 34.0 Å². The Morgan fingerprint density at radius 1 is 1.30 bits per heavy atom. The molecule has 1 atom stereocenters. The van der Waals surface area contributed by atoms with Gasteiger partial charge in [-0.1, -0.05) is 12.1 Å². The molecule has 7 nitrogen and oxygen atoms in total. The maximum atomic E-state index is 13.0. The molecular weight excluding hydrogens is 349 g/mol. The van der Waals surface area contributed by atoms with Gasteiger partial charge in [0.2, 0.25) is 5.91 Å². The molecule has 0 saturated heterocycles. The van der Waals surface area contributed by atoms with E-state index in [-0.39, 0.29) is 18.1 Å². The molecule has 1 N–H and O–H groups in total. The molecule has 3 aromatic rings. The number of hydrogen-bond donors (Lipinski definition) is 1. The first-order chi connectivity index (χ1) is 13.0. The third-order valence-corrected chi connectivity index (χ3v) is 4.82. The van der Waals surface area contributed by atoms with Crippen molar-refractivity contribution in [3.63, 3.8) is 0 Å². The highest BCUT2D eigenvalue weighted by Crippen LogP contribution is 2.22. The summed E-state index contributed by atoms with van der Waals surface area (Å²) in [6.45, 7) is 1.55. The highest BCUT2D eigenvalue weighted by atomic mass is 19.1. The fourth-order valence-electron chi connectivity index (χ4n) is 3.30. The molecule has 27 heavy (non-hydrogen) atoms. The number of benzene rings is 1. The van der Waals surface area contributed by atoms with Crippen molar-refractivity contribution in [3.8, 4) is 0 Å². The Morgan fingerprint density at radius 2 is 2.07 bits per heavy atom. The fraction of sp³-hybridized carbons (Fsp3) is 0.316. The highest BCUT2D eigenvalue weighted by Gasteiger charge is 2.25. The summed E-state index contributed by atoms with van der Waals surface area (Å²) in [4.78, 5) is 18.5. The number of carbonyl (C=O) groups excluding carboxylic acids is 1. The Kier molecular flexibility index (Phi) is 4.49. The van der Waals surface area contributed by atoms with Gasteiger partial charge in [0, 0.05) is 26.0 Å². The maximum Gasteiger partial charge on any atom is 0.227 e. The molecule has 0 fully saturated rings. The SMILES string of the molecule is Cn1ccnc1C(O)c1cc2n(n1)CCN(C(=O)Cc1ccc(F)cc1)C2. The van der Waals surface area contributed by atoms with Gasteiger partial charge in [-0.05, 0) is 23.8 Å². The normalized spacial score (nSPS) is 14.9. The second-order valence-electron chi connectivity index (χ2n) is 6.70. The first kappa shape index (κ1) is 17.4. The van der Waals surface area contributed by atoms with Gasteiger partial charge in [0.25, 0.3) is 0 Å². The van der Waals surface area contributed by atoms with E-state index >= 15 is 0 Å². The minimum absolute atomic E-state index is 0.0137. The Bertz CT molecular complexity index is 963. The van der Waals surface area contributed by atoms with Gasteiger partial charge in [-0.3, -0.25) is 9.48 Å². The molecule has 0 bridgehead atoms. The number of amides is 1.